The van der Waals surface area contributed by atoms with Crippen LogP contribution in [-0.4, -0.2) is 16.6 Å². The predicted octanol–water partition coefficient (Wildman–Crippen LogP) is 4.58. The van der Waals surface area contributed by atoms with Crippen LogP contribution in [0.5, 0.6) is 17.4 Å². The van der Waals surface area contributed by atoms with Gasteiger partial charge in [0.1, 0.15) is 11.5 Å². The van der Waals surface area contributed by atoms with E-state index in [0.29, 0.717) is 0 Å². The summed E-state index contributed by atoms with van der Waals surface area (Å²) < 4.78 is 45.5. The van der Waals surface area contributed by atoms with Gasteiger partial charge in [0.2, 0.25) is 5.88 Å². The zero-order valence-corrected chi connectivity index (χ0v) is 11.8. The van der Waals surface area contributed by atoms with Crippen molar-refractivity contribution in [1.82, 2.24) is 10.2 Å². The maximum Gasteiger partial charge on any atom is 0.573 e. The van der Waals surface area contributed by atoms with Gasteiger partial charge in [0.25, 0.3) is 0 Å². The van der Waals surface area contributed by atoms with E-state index in [4.69, 9.17) is 16.3 Å². The van der Waals surface area contributed by atoms with Gasteiger partial charge < -0.3 is 9.47 Å². The Morgan fingerprint density at radius 2 is 1.85 bits per heavy atom. The van der Waals surface area contributed by atoms with E-state index in [1.54, 1.807) is 0 Å². The number of alkyl halides is 3. The lowest BCUT2D eigenvalue weighted by atomic mass is 10.3. The minimum atomic E-state index is -4.76. The first-order valence-corrected chi connectivity index (χ1v) is 6.23. The first-order valence-electron chi connectivity index (χ1n) is 5.06. The molecule has 1 aromatic heterocycles. The summed E-state index contributed by atoms with van der Waals surface area (Å²) >= 11 is 8.53. The highest BCUT2D eigenvalue weighted by molar-refractivity contribution is 9.10. The van der Waals surface area contributed by atoms with Gasteiger partial charge in [-0.15, -0.1) is 23.4 Å². The van der Waals surface area contributed by atoms with Gasteiger partial charge >= 0.3 is 6.36 Å². The minimum Gasteiger partial charge on any atom is -0.437 e. The molecule has 9 heteroatoms. The van der Waals surface area contributed by atoms with Crippen LogP contribution in [-0.2, 0) is 0 Å². The smallest absolute Gasteiger partial charge is 0.437 e. The third kappa shape index (κ3) is 4.24. The molecule has 0 saturated carbocycles. The van der Waals surface area contributed by atoms with Crippen LogP contribution in [0.1, 0.15) is 0 Å². The van der Waals surface area contributed by atoms with Crippen molar-refractivity contribution in [3.63, 3.8) is 0 Å². The van der Waals surface area contributed by atoms with E-state index in [9.17, 15) is 13.2 Å². The summed E-state index contributed by atoms with van der Waals surface area (Å²) in [4.78, 5) is 0. The number of ether oxygens (including phenoxy) is 2. The lowest BCUT2D eigenvalue weighted by molar-refractivity contribution is -0.274. The van der Waals surface area contributed by atoms with Gasteiger partial charge in [-0.25, -0.2) is 0 Å². The van der Waals surface area contributed by atoms with Gasteiger partial charge in [-0.2, -0.15) is 0 Å². The maximum atomic E-state index is 12.1. The summed E-state index contributed by atoms with van der Waals surface area (Å²) in [6.07, 6.45) is -4.76. The Morgan fingerprint density at radius 1 is 1.10 bits per heavy atom. The van der Waals surface area contributed by atoms with E-state index in [1.165, 1.54) is 24.3 Å². The molecule has 0 aliphatic carbocycles. The summed E-state index contributed by atoms with van der Waals surface area (Å²) in [7, 11) is 0. The highest BCUT2D eigenvalue weighted by atomic mass is 79.9. The Balaban J connectivity index is 2.14. The summed E-state index contributed by atoms with van der Waals surface area (Å²) in [5.41, 5.74) is 0. The van der Waals surface area contributed by atoms with Gasteiger partial charge in [-0.05, 0) is 40.2 Å². The number of hydrogen-bond donors (Lipinski definition) is 0. The Labute approximate surface area is 124 Å². The van der Waals surface area contributed by atoms with Crippen LogP contribution in [0.15, 0.2) is 34.8 Å². The third-order valence-corrected chi connectivity index (χ3v) is 2.78. The van der Waals surface area contributed by atoms with E-state index in [-0.39, 0.29) is 27.0 Å². The largest absolute Gasteiger partial charge is 0.573 e. The third-order valence-electron chi connectivity index (χ3n) is 1.96. The highest BCUT2D eigenvalue weighted by Gasteiger charge is 2.32. The van der Waals surface area contributed by atoms with Gasteiger partial charge in [-0.3, -0.25) is 0 Å². The van der Waals surface area contributed by atoms with Crippen LogP contribution >= 0.6 is 27.5 Å². The number of benzene rings is 1. The van der Waals surface area contributed by atoms with Gasteiger partial charge in [0.15, 0.2) is 5.15 Å². The van der Waals surface area contributed by atoms with Gasteiger partial charge in [0, 0.05) is 6.07 Å². The normalized spacial score (nSPS) is 11.2. The summed E-state index contributed by atoms with van der Waals surface area (Å²) in [5, 5.41) is 7.42. The van der Waals surface area contributed by atoms with Crippen LogP contribution in [0.2, 0.25) is 5.15 Å². The fraction of sp³-hybridized carbons (Fsp3) is 0.0909. The Hall–Kier alpha value is -1.54. The molecule has 0 fully saturated rings. The zero-order valence-electron chi connectivity index (χ0n) is 9.49. The highest BCUT2D eigenvalue weighted by Crippen LogP contribution is 2.34. The van der Waals surface area contributed by atoms with E-state index < -0.39 is 6.36 Å². The molecular formula is C11H5BrClF3N2O2. The van der Waals surface area contributed by atoms with Gasteiger partial charge in [-0.1, -0.05) is 11.6 Å². The number of hydrogen-bond acceptors (Lipinski definition) is 4. The van der Waals surface area contributed by atoms with Crippen LogP contribution in [0.3, 0.4) is 0 Å². The zero-order chi connectivity index (χ0) is 14.8. The molecule has 20 heavy (non-hydrogen) atoms. The van der Waals surface area contributed by atoms with Crippen molar-refractivity contribution < 1.29 is 22.6 Å². The molecule has 0 spiro atoms. The molecule has 0 saturated heterocycles. The molecule has 0 N–H and O–H groups in total. The van der Waals surface area contributed by atoms with E-state index >= 15 is 0 Å². The first kappa shape index (κ1) is 14.9. The van der Waals surface area contributed by atoms with Crippen molar-refractivity contribution in [2.45, 2.75) is 6.36 Å². The quantitative estimate of drug-likeness (QED) is 0.794. The molecule has 0 aliphatic heterocycles. The molecule has 2 aromatic rings. The van der Waals surface area contributed by atoms with Crippen molar-refractivity contribution in [2.24, 2.45) is 0 Å². The molecule has 0 atom stereocenters. The van der Waals surface area contributed by atoms with Crippen molar-refractivity contribution in [3.05, 3.63) is 40.0 Å². The average Bonchev–Trinajstić information content (AvgIpc) is 2.34. The van der Waals surface area contributed by atoms with E-state index in [2.05, 4.69) is 30.9 Å². The minimum absolute atomic E-state index is 0.0919. The van der Waals surface area contributed by atoms with Gasteiger partial charge in [0.05, 0.1) is 4.47 Å². The van der Waals surface area contributed by atoms with Crippen LogP contribution in [0.4, 0.5) is 13.2 Å². The predicted molar refractivity (Wildman–Crippen MR) is 67.9 cm³/mol. The average molecular weight is 370 g/mol. The standard InChI is InChI=1S/C11H5BrClF3N2O2/c12-7-5-6(1-2-8(7)20-11(14,15)16)19-10-4-3-9(13)17-18-10/h1-5H. The molecule has 1 aromatic carbocycles. The Morgan fingerprint density at radius 3 is 2.40 bits per heavy atom. The second-order valence-corrected chi connectivity index (χ2v) is 4.68. The topological polar surface area (TPSA) is 44.2 Å². The Bertz CT molecular complexity index is 608. The van der Waals surface area contributed by atoms with Crippen molar-refractivity contribution >= 4 is 27.5 Å². The lowest BCUT2D eigenvalue weighted by Crippen LogP contribution is -2.17. The van der Waals surface area contributed by atoms with Crippen molar-refractivity contribution in [2.75, 3.05) is 0 Å². The van der Waals surface area contributed by atoms with E-state index in [0.717, 1.165) is 6.07 Å². The molecule has 0 unspecified atom stereocenters. The molecule has 106 valence electrons. The molecule has 0 aliphatic rings. The molecular weight excluding hydrogens is 364 g/mol. The van der Waals surface area contributed by atoms with E-state index in [1.807, 2.05) is 0 Å². The maximum absolute atomic E-state index is 12.1. The van der Waals surface area contributed by atoms with Crippen LogP contribution < -0.4 is 9.47 Å². The molecule has 4 nitrogen and oxygen atoms in total. The number of aromatic nitrogens is 2. The van der Waals surface area contributed by atoms with Crippen LogP contribution in [0, 0.1) is 0 Å². The second kappa shape index (κ2) is 5.84. The summed E-state index contributed by atoms with van der Waals surface area (Å²) in [6, 6.07) is 6.69. The number of nitrogens with zero attached hydrogens (tertiary/aromatic N) is 2. The fourth-order valence-corrected chi connectivity index (χ4v) is 1.77. The molecule has 0 amide bonds. The van der Waals surface area contributed by atoms with Crippen molar-refractivity contribution in [1.29, 1.82) is 0 Å². The Kier molecular flexibility index (Phi) is 4.34. The SMILES string of the molecule is FC(F)(F)Oc1ccc(Oc2ccc(Cl)nn2)cc1Br. The number of rotatable bonds is 3. The molecule has 0 bridgehead atoms. The first-order chi connectivity index (χ1) is 9.33. The fourth-order valence-electron chi connectivity index (χ4n) is 1.23. The molecule has 2 rings (SSSR count). The number of halogens is 5. The second-order valence-electron chi connectivity index (χ2n) is 3.44. The van der Waals surface area contributed by atoms with Crippen molar-refractivity contribution in [3.8, 4) is 17.4 Å². The monoisotopic (exact) mass is 368 g/mol. The van der Waals surface area contributed by atoms with Crippen LogP contribution in [0.25, 0.3) is 0 Å². The molecule has 1 heterocycles. The summed E-state index contributed by atoms with van der Waals surface area (Å²) in [6.45, 7) is 0. The molecule has 0 radical (unpaired) electrons. The lowest BCUT2D eigenvalue weighted by Gasteiger charge is -2.11. The summed E-state index contributed by atoms with van der Waals surface area (Å²) in [5.74, 6) is 0.0563.